The largest absolute Gasteiger partial charge is 0.393 e. The van der Waals surface area contributed by atoms with Gasteiger partial charge < -0.3 is 4.74 Å². The second-order valence-electron chi connectivity index (χ2n) is 5.07. The van der Waals surface area contributed by atoms with E-state index in [0.29, 0.717) is 6.61 Å². The second kappa shape index (κ2) is 4.85. The fraction of sp³-hybridized carbons (Fsp3) is 1.00. The van der Waals surface area contributed by atoms with E-state index in [1.807, 2.05) is 11.8 Å². The van der Waals surface area contributed by atoms with Crippen LogP contribution in [-0.4, -0.2) is 40.4 Å². The summed E-state index contributed by atoms with van der Waals surface area (Å²) in [6.07, 6.45) is -2.03. The van der Waals surface area contributed by atoms with Gasteiger partial charge in [0.15, 0.2) is 0 Å². The maximum atomic E-state index is 12.8. The average Bonchev–Trinajstić information content (AvgIpc) is 2.68. The van der Waals surface area contributed by atoms with Crippen molar-refractivity contribution in [1.29, 1.82) is 0 Å². The van der Waals surface area contributed by atoms with Gasteiger partial charge in [-0.2, -0.15) is 13.2 Å². The molecule has 0 bridgehead atoms. The third-order valence-electron chi connectivity index (χ3n) is 3.85. The van der Waals surface area contributed by atoms with Crippen LogP contribution in [0.25, 0.3) is 0 Å². The highest BCUT2D eigenvalue weighted by molar-refractivity contribution is 14.1. The highest BCUT2D eigenvalue weighted by atomic mass is 127. The zero-order chi connectivity index (χ0) is 12.7. The van der Waals surface area contributed by atoms with Crippen LogP contribution in [0, 0.1) is 5.92 Å². The first-order valence-electron chi connectivity index (χ1n) is 5.91. The van der Waals surface area contributed by atoms with E-state index in [4.69, 9.17) is 4.74 Å². The predicted octanol–water partition coefficient (Wildman–Crippen LogP) is 3.20. The van der Waals surface area contributed by atoms with E-state index in [1.165, 1.54) is 0 Å². The molecule has 2 aliphatic heterocycles. The van der Waals surface area contributed by atoms with Gasteiger partial charge in [0.1, 0.15) is 4.11 Å². The summed E-state index contributed by atoms with van der Waals surface area (Å²) >= 11 is 2.14. The highest BCUT2D eigenvalue weighted by Crippen LogP contribution is 2.47. The Morgan fingerprint density at radius 1 is 1.53 bits per heavy atom. The van der Waals surface area contributed by atoms with E-state index < -0.39 is 12.1 Å². The molecule has 100 valence electrons. The van der Waals surface area contributed by atoms with E-state index in [0.717, 1.165) is 19.4 Å². The fourth-order valence-electron chi connectivity index (χ4n) is 3.01. The molecule has 2 aliphatic rings. The van der Waals surface area contributed by atoms with Gasteiger partial charge in [-0.1, -0.05) is 22.6 Å². The van der Waals surface area contributed by atoms with Crippen LogP contribution < -0.4 is 0 Å². The van der Waals surface area contributed by atoms with Gasteiger partial charge >= 0.3 is 6.18 Å². The minimum Gasteiger partial charge on any atom is -0.366 e. The number of nitrogens with zero attached hydrogens (tertiary/aromatic N) is 1. The molecule has 0 aromatic heterocycles. The Morgan fingerprint density at radius 2 is 2.24 bits per heavy atom. The predicted molar refractivity (Wildman–Crippen MR) is 67.1 cm³/mol. The van der Waals surface area contributed by atoms with Gasteiger partial charge in [0, 0.05) is 12.1 Å². The molecule has 3 atom stereocenters. The van der Waals surface area contributed by atoms with E-state index in [1.54, 1.807) is 0 Å². The molecule has 0 saturated carbocycles. The van der Waals surface area contributed by atoms with Crippen LogP contribution in [0.5, 0.6) is 0 Å². The van der Waals surface area contributed by atoms with E-state index in [9.17, 15) is 13.2 Å². The van der Waals surface area contributed by atoms with E-state index in [2.05, 4.69) is 22.6 Å². The number of halogens is 4. The average molecular weight is 363 g/mol. The Kier molecular flexibility index (Phi) is 3.95. The number of hydrogen-bond donors (Lipinski definition) is 0. The molecule has 2 heterocycles. The maximum Gasteiger partial charge on any atom is 0.393 e. The second-order valence-corrected chi connectivity index (χ2v) is 6.82. The molecular formula is C11H17F3INO. The van der Waals surface area contributed by atoms with Crippen molar-refractivity contribution in [3.63, 3.8) is 0 Å². The summed E-state index contributed by atoms with van der Waals surface area (Å²) in [7, 11) is 0. The van der Waals surface area contributed by atoms with Crippen LogP contribution in [0.15, 0.2) is 0 Å². The van der Waals surface area contributed by atoms with Crippen molar-refractivity contribution < 1.29 is 17.9 Å². The standard InChI is InChI=1S/C11H17F3INO/c1-8(15)17-7-10-3-2-4-16(10)6-9(5-10)11(12,13)14/h8-9H,2-7H2,1H3/t8-,9-,10-/m0/s1. The molecule has 17 heavy (non-hydrogen) atoms. The minimum atomic E-state index is -4.06. The lowest BCUT2D eigenvalue weighted by Gasteiger charge is -2.32. The molecule has 6 heteroatoms. The third kappa shape index (κ3) is 2.89. The van der Waals surface area contributed by atoms with Crippen LogP contribution >= 0.6 is 22.6 Å². The summed E-state index contributed by atoms with van der Waals surface area (Å²) in [5, 5.41) is 0. The molecule has 0 N–H and O–H groups in total. The van der Waals surface area contributed by atoms with E-state index >= 15 is 0 Å². The highest BCUT2D eigenvalue weighted by Gasteiger charge is 2.56. The number of fused-ring (bicyclic) bond motifs is 1. The van der Waals surface area contributed by atoms with Crippen molar-refractivity contribution in [2.24, 2.45) is 5.92 Å². The zero-order valence-corrected chi connectivity index (χ0v) is 11.9. The molecular weight excluding hydrogens is 346 g/mol. The molecule has 2 rings (SSSR count). The van der Waals surface area contributed by atoms with Gasteiger partial charge in [-0.3, -0.25) is 4.90 Å². The molecule has 2 saturated heterocycles. The normalized spacial score (nSPS) is 36.2. The summed E-state index contributed by atoms with van der Waals surface area (Å²) in [5.41, 5.74) is -0.348. The monoisotopic (exact) mass is 363 g/mol. The van der Waals surface area contributed by atoms with Crippen LogP contribution in [0.2, 0.25) is 0 Å². The van der Waals surface area contributed by atoms with Crippen molar-refractivity contribution in [2.75, 3.05) is 19.7 Å². The maximum absolute atomic E-state index is 12.8. The van der Waals surface area contributed by atoms with Crippen LogP contribution in [0.4, 0.5) is 13.2 Å². The summed E-state index contributed by atoms with van der Waals surface area (Å²) in [4.78, 5) is 1.99. The quantitative estimate of drug-likeness (QED) is 0.564. The van der Waals surface area contributed by atoms with Crippen LogP contribution in [-0.2, 0) is 4.74 Å². The molecule has 0 unspecified atom stereocenters. The lowest BCUT2D eigenvalue weighted by molar-refractivity contribution is -0.171. The molecule has 0 aromatic rings. The van der Waals surface area contributed by atoms with Crippen molar-refractivity contribution in [2.45, 2.75) is 42.0 Å². The Morgan fingerprint density at radius 3 is 2.82 bits per heavy atom. The van der Waals surface area contributed by atoms with Gasteiger partial charge in [0.25, 0.3) is 0 Å². The van der Waals surface area contributed by atoms with Gasteiger partial charge in [-0.25, -0.2) is 0 Å². The first-order valence-corrected chi connectivity index (χ1v) is 7.15. The molecule has 0 aliphatic carbocycles. The van der Waals surface area contributed by atoms with Gasteiger partial charge in [-0.05, 0) is 32.7 Å². The van der Waals surface area contributed by atoms with Crippen molar-refractivity contribution in [3.8, 4) is 0 Å². The summed E-state index contributed by atoms with van der Waals surface area (Å²) < 4.78 is 43.9. The molecule has 0 aromatic carbocycles. The number of alkyl halides is 4. The molecule has 0 amide bonds. The lowest BCUT2D eigenvalue weighted by Crippen LogP contribution is -2.42. The molecule has 0 spiro atoms. The Bertz CT molecular complexity index is 284. The number of hydrogen-bond acceptors (Lipinski definition) is 2. The number of ether oxygens (including phenoxy) is 1. The molecule has 0 radical (unpaired) electrons. The molecule has 2 nitrogen and oxygen atoms in total. The van der Waals surface area contributed by atoms with Gasteiger partial charge in [0.05, 0.1) is 12.5 Å². The summed E-state index contributed by atoms with van der Waals surface area (Å²) in [6.45, 7) is 3.28. The van der Waals surface area contributed by atoms with Crippen LogP contribution in [0.1, 0.15) is 26.2 Å². The fourth-order valence-corrected chi connectivity index (χ4v) is 3.19. The van der Waals surface area contributed by atoms with Gasteiger partial charge in [0.2, 0.25) is 0 Å². The minimum absolute atomic E-state index is 0.0503. The summed E-state index contributed by atoms with van der Waals surface area (Å²) in [5.74, 6) is -1.17. The zero-order valence-electron chi connectivity index (χ0n) is 9.76. The first-order chi connectivity index (χ1) is 7.83. The smallest absolute Gasteiger partial charge is 0.366 e. The van der Waals surface area contributed by atoms with Crippen molar-refractivity contribution in [3.05, 3.63) is 0 Å². The lowest BCUT2D eigenvalue weighted by atomic mass is 9.90. The van der Waals surface area contributed by atoms with Crippen molar-refractivity contribution in [1.82, 2.24) is 4.90 Å². The third-order valence-corrected chi connectivity index (χ3v) is 4.21. The Labute approximate surface area is 113 Å². The Balaban J connectivity index is 2.04. The van der Waals surface area contributed by atoms with Gasteiger partial charge in [-0.15, -0.1) is 0 Å². The van der Waals surface area contributed by atoms with E-state index in [-0.39, 0.29) is 22.6 Å². The molecule has 2 fully saturated rings. The van der Waals surface area contributed by atoms with Crippen LogP contribution in [0.3, 0.4) is 0 Å². The SMILES string of the molecule is C[C@@H](I)OC[C@@]12CCCN1C[C@@H](C(F)(F)F)C2. The van der Waals surface area contributed by atoms with Crippen molar-refractivity contribution >= 4 is 22.6 Å². The summed E-state index contributed by atoms with van der Waals surface area (Å²) in [6, 6.07) is 0. The topological polar surface area (TPSA) is 12.5 Å². The number of rotatable bonds is 3. The first kappa shape index (κ1) is 13.9. The Hall–Kier alpha value is 0.440.